The topological polar surface area (TPSA) is 58.6 Å². The smallest absolute Gasteiger partial charge is 0.226 e. The molecule has 0 unspecified atom stereocenters. The Labute approximate surface area is 167 Å². The van der Waals surface area contributed by atoms with E-state index >= 15 is 0 Å². The zero-order chi connectivity index (χ0) is 20.7. The maximum atomic E-state index is 12.6. The van der Waals surface area contributed by atoms with Crippen LogP contribution in [0.4, 0.5) is 11.4 Å². The molecule has 2 rings (SSSR count). The van der Waals surface area contributed by atoms with E-state index in [2.05, 4.69) is 19.2 Å². The van der Waals surface area contributed by atoms with E-state index in [-0.39, 0.29) is 24.8 Å². The Morgan fingerprint density at radius 3 is 2.46 bits per heavy atom. The molecule has 0 aromatic heterocycles. The number of para-hydroxylation sites is 3. The minimum absolute atomic E-state index is 0.114. The van der Waals surface area contributed by atoms with Crippen LogP contribution in [0.15, 0.2) is 42.5 Å². The van der Waals surface area contributed by atoms with E-state index in [1.807, 2.05) is 56.3 Å². The number of benzene rings is 2. The van der Waals surface area contributed by atoms with Gasteiger partial charge in [-0.1, -0.05) is 44.2 Å². The molecule has 2 aromatic rings. The number of aryl methyl sites for hydroxylation is 1. The Balaban J connectivity index is 2.14. The van der Waals surface area contributed by atoms with Crippen LogP contribution in [-0.4, -0.2) is 25.0 Å². The van der Waals surface area contributed by atoms with Gasteiger partial charge < -0.3 is 15.0 Å². The number of hydrogen-bond donors (Lipinski definition) is 1. The Hall–Kier alpha value is -2.82. The van der Waals surface area contributed by atoms with Crippen molar-refractivity contribution in [1.29, 1.82) is 0 Å². The molecular weight excluding hydrogens is 352 g/mol. The third-order valence-electron chi connectivity index (χ3n) is 4.59. The predicted octanol–water partition coefficient (Wildman–Crippen LogP) is 4.90. The van der Waals surface area contributed by atoms with Crippen LogP contribution < -0.4 is 15.0 Å². The van der Waals surface area contributed by atoms with Gasteiger partial charge in [-0.15, -0.1) is 0 Å². The largest absolute Gasteiger partial charge is 0.492 e. The van der Waals surface area contributed by atoms with Crippen LogP contribution in [-0.2, 0) is 9.59 Å². The Morgan fingerprint density at radius 1 is 1.11 bits per heavy atom. The SMILES string of the molecule is CCOc1ccccc1N(CCC(=O)Nc1c(C)cccc1C(C)C)C(C)=O. The van der Waals surface area contributed by atoms with Gasteiger partial charge in [-0.3, -0.25) is 9.59 Å². The second kappa shape index (κ2) is 9.93. The van der Waals surface area contributed by atoms with Gasteiger partial charge in [0.05, 0.1) is 12.3 Å². The lowest BCUT2D eigenvalue weighted by Gasteiger charge is -2.24. The summed E-state index contributed by atoms with van der Waals surface area (Å²) in [7, 11) is 0. The lowest BCUT2D eigenvalue weighted by molar-refractivity contribution is -0.117. The monoisotopic (exact) mass is 382 g/mol. The molecule has 0 heterocycles. The molecule has 0 fully saturated rings. The molecular formula is C23H30N2O3. The Bertz CT molecular complexity index is 830. The molecule has 0 radical (unpaired) electrons. The van der Waals surface area contributed by atoms with E-state index in [0.717, 1.165) is 16.8 Å². The van der Waals surface area contributed by atoms with E-state index in [0.29, 0.717) is 24.0 Å². The second-order valence-electron chi connectivity index (χ2n) is 7.06. The average molecular weight is 383 g/mol. The molecule has 0 aliphatic carbocycles. The summed E-state index contributed by atoms with van der Waals surface area (Å²) >= 11 is 0. The summed E-state index contributed by atoms with van der Waals surface area (Å²) < 4.78 is 5.63. The van der Waals surface area contributed by atoms with E-state index in [9.17, 15) is 9.59 Å². The minimum atomic E-state index is -0.126. The third-order valence-corrected chi connectivity index (χ3v) is 4.59. The van der Waals surface area contributed by atoms with Crippen LogP contribution in [0, 0.1) is 6.92 Å². The molecule has 5 heteroatoms. The Morgan fingerprint density at radius 2 is 1.82 bits per heavy atom. The van der Waals surface area contributed by atoms with Crippen LogP contribution in [0.25, 0.3) is 0 Å². The fraction of sp³-hybridized carbons (Fsp3) is 0.391. The summed E-state index contributed by atoms with van der Waals surface area (Å²) in [5.41, 5.74) is 3.69. The molecule has 0 aliphatic rings. The molecule has 2 aromatic carbocycles. The summed E-state index contributed by atoms with van der Waals surface area (Å²) in [4.78, 5) is 26.4. The fourth-order valence-electron chi connectivity index (χ4n) is 3.16. The molecule has 0 saturated heterocycles. The van der Waals surface area contributed by atoms with Crippen LogP contribution in [0.5, 0.6) is 5.75 Å². The summed E-state index contributed by atoms with van der Waals surface area (Å²) in [6.45, 7) is 10.4. The zero-order valence-corrected chi connectivity index (χ0v) is 17.4. The van der Waals surface area contributed by atoms with Crippen molar-refractivity contribution in [2.45, 2.75) is 47.0 Å². The highest BCUT2D eigenvalue weighted by Gasteiger charge is 2.18. The normalized spacial score (nSPS) is 10.6. The molecule has 150 valence electrons. The quantitative estimate of drug-likeness (QED) is 0.706. The van der Waals surface area contributed by atoms with Crippen molar-refractivity contribution in [2.24, 2.45) is 0 Å². The van der Waals surface area contributed by atoms with Crippen LogP contribution in [0.1, 0.15) is 51.2 Å². The number of amides is 2. The first kappa shape index (κ1) is 21.5. The number of hydrogen-bond acceptors (Lipinski definition) is 3. The van der Waals surface area contributed by atoms with Crippen molar-refractivity contribution in [3.05, 3.63) is 53.6 Å². The number of anilines is 2. The molecule has 1 N–H and O–H groups in total. The van der Waals surface area contributed by atoms with Gasteiger partial charge in [0.15, 0.2) is 0 Å². The van der Waals surface area contributed by atoms with E-state index in [1.54, 1.807) is 4.90 Å². The molecule has 2 amide bonds. The van der Waals surface area contributed by atoms with E-state index in [1.165, 1.54) is 6.92 Å². The van der Waals surface area contributed by atoms with Gasteiger partial charge in [-0.2, -0.15) is 0 Å². The highest BCUT2D eigenvalue weighted by molar-refractivity contribution is 5.96. The highest BCUT2D eigenvalue weighted by Crippen LogP contribution is 2.29. The van der Waals surface area contributed by atoms with Crippen molar-refractivity contribution in [1.82, 2.24) is 0 Å². The summed E-state index contributed by atoms with van der Waals surface area (Å²) in [5, 5.41) is 3.04. The third kappa shape index (κ3) is 5.35. The first-order valence-corrected chi connectivity index (χ1v) is 9.74. The van der Waals surface area contributed by atoms with Crippen molar-refractivity contribution in [2.75, 3.05) is 23.4 Å². The van der Waals surface area contributed by atoms with Gasteiger partial charge >= 0.3 is 0 Å². The van der Waals surface area contributed by atoms with Crippen molar-refractivity contribution in [3.63, 3.8) is 0 Å². The first-order chi connectivity index (χ1) is 13.3. The first-order valence-electron chi connectivity index (χ1n) is 9.74. The van der Waals surface area contributed by atoms with Crippen LogP contribution in [0.2, 0.25) is 0 Å². The molecule has 0 atom stereocenters. The predicted molar refractivity (Wildman–Crippen MR) is 114 cm³/mol. The van der Waals surface area contributed by atoms with Gasteiger partial charge in [0.25, 0.3) is 0 Å². The van der Waals surface area contributed by atoms with Gasteiger partial charge in [0.1, 0.15) is 5.75 Å². The molecule has 0 bridgehead atoms. The van der Waals surface area contributed by atoms with Gasteiger partial charge in [-0.25, -0.2) is 0 Å². The molecule has 0 saturated carbocycles. The van der Waals surface area contributed by atoms with E-state index < -0.39 is 0 Å². The van der Waals surface area contributed by atoms with Crippen LogP contribution in [0.3, 0.4) is 0 Å². The number of rotatable bonds is 8. The molecule has 0 spiro atoms. The molecule has 5 nitrogen and oxygen atoms in total. The maximum Gasteiger partial charge on any atom is 0.226 e. The second-order valence-corrected chi connectivity index (χ2v) is 7.06. The Kier molecular flexibility index (Phi) is 7.61. The van der Waals surface area contributed by atoms with E-state index in [4.69, 9.17) is 4.74 Å². The fourth-order valence-corrected chi connectivity index (χ4v) is 3.16. The zero-order valence-electron chi connectivity index (χ0n) is 17.4. The number of carbonyl (C=O) groups excluding carboxylic acids is 2. The molecule has 0 aliphatic heterocycles. The highest BCUT2D eigenvalue weighted by atomic mass is 16.5. The van der Waals surface area contributed by atoms with Gasteiger partial charge in [0.2, 0.25) is 11.8 Å². The van der Waals surface area contributed by atoms with Crippen molar-refractivity contribution < 1.29 is 14.3 Å². The minimum Gasteiger partial charge on any atom is -0.492 e. The number of nitrogens with zero attached hydrogens (tertiary/aromatic N) is 1. The summed E-state index contributed by atoms with van der Waals surface area (Å²) in [5.74, 6) is 0.707. The number of carbonyl (C=O) groups is 2. The van der Waals surface area contributed by atoms with Gasteiger partial charge in [0, 0.05) is 25.6 Å². The lowest BCUT2D eigenvalue weighted by Crippen LogP contribution is -2.32. The van der Waals surface area contributed by atoms with Crippen molar-refractivity contribution >= 4 is 23.2 Å². The lowest BCUT2D eigenvalue weighted by atomic mass is 9.98. The van der Waals surface area contributed by atoms with Crippen LogP contribution >= 0.6 is 0 Å². The molecule has 28 heavy (non-hydrogen) atoms. The maximum absolute atomic E-state index is 12.6. The summed E-state index contributed by atoms with van der Waals surface area (Å²) in [6.07, 6.45) is 0.200. The number of nitrogens with one attached hydrogen (secondary N) is 1. The number of ether oxygens (including phenoxy) is 1. The van der Waals surface area contributed by atoms with Gasteiger partial charge in [-0.05, 0) is 43.0 Å². The standard InChI is InChI=1S/C23H30N2O3/c1-6-28-21-13-8-7-12-20(21)25(18(5)26)15-14-22(27)24-23-17(4)10-9-11-19(23)16(2)3/h7-13,16H,6,14-15H2,1-5H3,(H,24,27). The summed E-state index contributed by atoms with van der Waals surface area (Å²) in [6, 6.07) is 13.4. The average Bonchev–Trinajstić information content (AvgIpc) is 2.64. The van der Waals surface area contributed by atoms with Crippen molar-refractivity contribution in [3.8, 4) is 5.75 Å².